The van der Waals surface area contributed by atoms with Crippen LogP contribution in [0.15, 0.2) is 48.5 Å². The van der Waals surface area contributed by atoms with Gasteiger partial charge in [0.1, 0.15) is 11.5 Å². The third-order valence-electron chi connectivity index (χ3n) is 8.04. The van der Waals surface area contributed by atoms with Gasteiger partial charge in [0.25, 0.3) is 0 Å². The molecular weight excluding hydrogens is 456 g/mol. The van der Waals surface area contributed by atoms with Gasteiger partial charge in [0.05, 0.1) is 5.56 Å². The Morgan fingerprint density at radius 2 is 1.31 bits per heavy atom. The van der Waals surface area contributed by atoms with E-state index in [4.69, 9.17) is 4.74 Å². The molecule has 0 bridgehead atoms. The smallest absolute Gasteiger partial charge is 0.426 e. The van der Waals surface area contributed by atoms with Crippen molar-refractivity contribution in [2.24, 2.45) is 17.8 Å². The van der Waals surface area contributed by atoms with Crippen molar-refractivity contribution in [2.45, 2.75) is 89.8 Å². The van der Waals surface area contributed by atoms with Crippen molar-refractivity contribution in [2.75, 3.05) is 0 Å². The molecule has 0 N–H and O–H groups in total. The minimum absolute atomic E-state index is 0.112. The summed E-state index contributed by atoms with van der Waals surface area (Å²) in [5, 5.41) is 0. The van der Waals surface area contributed by atoms with E-state index in [0.29, 0.717) is 5.92 Å². The Morgan fingerprint density at radius 3 is 1.86 bits per heavy atom. The largest absolute Gasteiger partial charge is 0.435 e. The van der Waals surface area contributed by atoms with Crippen LogP contribution in [0.4, 0.5) is 17.6 Å². The van der Waals surface area contributed by atoms with Gasteiger partial charge in [0, 0.05) is 0 Å². The average molecular weight is 493 g/mol. The first-order chi connectivity index (χ1) is 16.8. The lowest BCUT2D eigenvalue weighted by Gasteiger charge is -2.38. The third kappa shape index (κ3) is 6.92. The number of ether oxygens (including phenoxy) is 2. The molecule has 2 aromatic carbocycles. The number of hydrogen-bond acceptors (Lipinski definition) is 2. The second kappa shape index (κ2) is 11.7. The normalized spacial score (nSPS) is 25.4. The molecule has 0 amide bonds. The van der Waals surface area contributed by atoms with Crippen LogP contribution in [0.1, 0.15) is 88.2 Å². The Hall–Kier alpha value is -2.24. The van der Waals surface area contributed by atoms with E-state index in [1.54, 1.807) is 12.1 Å². The van der Waals surface area contributed by atoms with E-state index in [0.717, 1.165) is 36.2 Å². The predicted molar refractivity (Wildman–Crippen MR) is 129 cm³/mol. The number of hydrogen-bond donors (Lipinski definition) is 0. The van der Waals surface area contributed by atoms with Crippen LogP contribution in [0.5, 0.6) is 11.5 Å². The molecule has 0 saturated heterocycles. The first kappa shape index (κ1) is 25.8. The highest BCUT2D eigenvalue weighted by molar-refractivity contribution is 5.33. The number of benzene rings is 2. The molecule has 0 aliphatic heterocycles. The molecular formula is C29H36F4O2. The van der Waals surface area contributed by atoms with Crippen molar-refractivity contribution in [3.8, 4) is 11.5 Å². The first-order valence-electron chi connectivity index (χ1n) is 13.1. The minimum atomic E-state index is -3.53. The zero-order chi connectivity index (χ0) is 24.8. The Morgan fingerprint density at radius 1 is 0.771 bits per heavy atom. The predicted octanol–water partition coefficient (Wildman–Crippen LogP) is 9.30. The minimum Gasteiger partial charge on any atom is -0.435 e. The van der Waals surface area contributed by atoms with Gasteiger partial charge in [-0.2, -0.15) is 17.6 Å². The molecule has 2 fully saturated rings. The third-order valence-corrected chi connectivity index (χ3v) is 8.04. The molecule has 0 atom stereocenters. The molecule has 0 heterocycles. The van der Waals surface area contributed by atoms with Crippen molar-refractivity contribution in [1.29, 1.82) is 0 Å². The van der Waals surface area contributed by atoms with Gasteiger partial charge in [0.2, 0.25) is 0 Å². The number of rotatable bonds is 9. The van der Waals surface area contributed by atoms with E-state index >= 15 is 0 Å². The Bertz CT molecular complexity index is 897. The topological polar surface area (TPSA) is 18.5 Å². The summed E-state index contributed by atoms with van der Waals surface area (Å²) >= 11 is 0. The lowest BCUT2D eigenvalue weighted by Crippen LogP contribution is -2.25. The fraction of sp³-hybridized carbons (Fsp3) is 0.586. The quantitative estimate of drug-likeness (QED) is 0.325. The van der Waals surface area contributed by atoms with Gasteiger partial charge < -0.3 is 9.47 Å². The van der Waals surface area contributed by atoms with Gasteiger partial charge >= 0.3 is 12.7 Å². The van der Waals surface area contributed by atoms with Crippen molar-refractivity contribution < 1.29 is 27.0 Å². The van der Waals surface area contributed by atoms with E-state index in [-0.39, 0.29) is 17.1 Å². The van der Waals surface area contributed by atoms with E-state index in [2.05, 4.69) is 11.7 Å². The SMILES string of the molecule is CCCC1CCC(C2CCC(c3ccc(C(F)(F)Oc4ccc(OC(F)F)cc4)cc3)CC2)CC1. The molecule has 35 heavy (non-hydrogen) atoms. The average Bonchev–Trinajstić information content (AvgIpc) is 2.86. The molecule has 192 valence electrons. The highest BCUT2D eigenvalue weighted by atomic mass is 19.3. The van der Waals surface area contributed by atoms with E-state index in [1.807, 2.05) is 0 Å². The first-order valence-corrected chi connectivity index (χ1v) is 13.1. The second-order valence-electron chi connectivity index (χ2n) is 10.3. The second-order valence-corrected chi connectivity index (χ2v) is 10.3. The molecule has 2 aromatic rings. The monoisotopic (exact) mass is 492 g/mol. The maximum atomic E-state index is 14.7. The molecule has 0 radical (unpaired) electrons. The van der Waals surface area contributed by atoms with E-state index in [1.165, 1.54) is 87.8 Å². The standard InChI is InChI=1S/C29H36F4O2/c1-2-3-20-4-6-21(7-5-20)22-8-10-23(11-9-22)24-12-14-25(15-13-24)29(32,33)35-27-18-16-26(17-19-27)34-28(30)31/h12-23,28H,2-11H2,1H3. The summed E-state index contributed by atoms with van der Waals surface area (Å²) in [7, 11) is 0. The van der Waals surface area contributed by atoms with Gasteiger partial charge in [-0.3, -0.25) is 0 Å². The van der Waals surface area contributed by atoms with Crippen LogP contribution in [-0.2, 0) is 6.11 Å². The molecule has 6 heteroatoms. The van der Waals surface area contributed by atoms with Crippen molar-refractivity contribution >= 4 is 0 Å². The molecule has 0 unspecified atom stereocenters. The maximum absolute atomic E-state index is 14.7. The lowest BCUT2D eigenvalue weighted by atomic mass is 9.68. The molecule has 0 aromatic heterocycles. The zero-order valence-corrected chi connectivity index (χ0v) is 20.4. The Kier molecular flexibility index (Phi) is 8.61. The molecule has 2 aliphatic rings. The van der Waals surface area contributed by atoms with Gasteiger partial charge in [-0.1, -0.05) is 44.7 Å². The van der Waals surface area contributed by atoms with E-state index in [9.17, 15) is 17.6 Å². The molecule has 2 saturated carbocycles. The summed E-state index contributed by atoms with van der Waals surface area (Å²) < 4.78 is 63.0. The van der Waals surface area contributed by atoms with Crippen LogP contribution in [0.25, 0.3) is 0 Å². The maximum Gasteiger partial charge on any atom is 0.426 e. The highest BCUT2D eigenvalue weighted by Crippen LogP contribution is 2.45. The van der Waals surface area contributed by atoms with Crippen molar-refractivity contribution in [3.63, 3.8) is 0 Å². The van der Waals surface area contributed by atoms with Crippen LogP contribution in [0, 0.1) is 17.8 Å². The number of halogens is 4. The van der Waals surface area contributed by atoms with Crippen LogP contribution in [0.3, 0.4) is 0 Å². The summed E-state index contributed by atoms with van der Waals surface area (Å²) in [6.07, 6.45) is 9.41. The zero-order valence-electron chi connectivity index (χ0n) is 20.4. The molecule has 2 aliphatic carbocycles. The Balaban J connectivity index is 1.28. The summed E-state index contributed by atoms with van der Waals surface area (Å²) in [5.41, 5.74) is 0.884. The van der Waals surface area contributed by atoms with Crippen molar-refractivity contribution in [3.05, 3.63) is 59.7 Å². The fourth-order valence-electron chi connectivity index (χ4n) is 6.13. The molecule has 0 spiro atoms. The van der Waals surface area contributed by atoms with Crippen LogP contribution in [0.2, 0.25) is 0 Å². The van der Waals surface area contributed by atoms with Crippen molar-refractivity contribution in [1.82, 2.24) is 0 Å². The summed E-state index contributed by atoms with van der Waals surface area (Å²) in [6, 6.07) is 11.2. The summed E-state index contributed by atoms with van der Waals surface area (Å²) in [4.78, 5) is 0. The van der Waals surface area contributed by atoms with Crippen LogP contribution in [-0.4, -0.2) is 6.61 Å². The fourth-order valence-corrected chi connectivity index (χ4v) is 6.13. The van der Waals surface area contributed by atoms with E-state index < -0.39 is 12.7 Å². The van der Waals surface area contributed by atoms with Crippen LogP contribution >= 0.6 is 0 Å². The van der Waals surface area contributed by atoms with Gasteiger partial charge in [-0.15, -0.1) is 0 Å². The van der Waals surface area contributed by atoms with Gasteiger partial charge in [0.15, 0.2) is 0 Å². The summed E-state index contributed by atoms with van der Waals surface area (Å²) in [5.74, 6) is 2.82. The molecule has 2 nitrogen and oxygen atoms in total. The van der Waals surface area contributed by atoms with Gasteiger partial charge in [-0.05, 0) is 104 Å². The van der Waals surface area contributed by atoms with Gasteiger partial charge in [-0.25, -0.2) is 0 Å². The molecule has 4 rings (SSSR count). The highest BCUT2D eigenvalue weighted by Gasteiger charge is 2.35. The Labute approximate surface area is 206 Å². The lowest BCUT2D eigenvalue weighted by molar-refractivity contribution is -0.185. The number of alkyl halides is 4. The van der Waals surface area contributed by atoms with Crippen LogP contribution < -0.4 is 9.47 Å². The summed E-state index contributed by atoms with van der Waals surface area (Å²) in [6.45, 7) is -0.689.